The Morgan fingerprint density at radius 3 is 2.57 bits per heavy atom. The minimum absolute atomic E-state index is 0.143. The molecule has 3 aromatic rings. The van der Waals surface area contributed by atoms with Gasteiger partial charge in [-0.2, -0.15) is 5.26 Å². The van der Waals surface area contributed by atoms with Gasteiger partial charge in [-0.05, 0) is 45.0 Å². The van der Waals surface area contributed by atoms with Crippen LogP contribution in [0, 0.1) is 17.1 Å². The third-order valence-electron chi connectivity index (χ3n) is 7.90. The van der Waals surface area contributed by atoms with E-state index in [0.29, 0.717) is 59.9 Å². The summed E-state index contributed by atoms with van der Waals surface area (Å²) in [5, 5.41) is 12.5. The maximum Gasteiger partial charge on any atom is 0.264 e. The molecule has 5 rings (SSSR count). The Kier molecular flexibility index (Phi) is 8.38. The van der Waals surface area contributed by atoms with Gasteiger partial charge in [0, 0.05) is 61.7 Å². The zero-order valence-electron chi connectivity index (χ0n) is 23.3. The lowest BCUT2D eigenvalue weighted by molar-refractivity contribution is 0.101. The number of alkyl halides is 2. The van der Waals surface area contributed by atoms with E-state index >= 15 is 4.39 Å². The van der Waals surface area contributed by atoms with Gasteiger partial charge in [-0.1, -0.05) is 17.4 Å². The van der Waals surface area contributed by atoms with Crippen molar-refractivity contribution in [3.05, 3.63) is 74.4 Å². The van der Waals surface area contributed by atoms with Crippen LogP contribution in [-0.2, 0) is 0 Å². The number of anilines is 3. The number of likely N-dealkylation sites (N-methyl/N-ethyl adjacent to an activating group) is 1. The number of hydrogen-bond acceptors (Lipinski definition) is 8. The molecule has 13 heteroatoms. The van der Waals surface area contributed by atoms with E-state index < -0.39 is 29.3 Å². The van der Waals surface area contributed by atoms with Gasteiger partial charge in [0.15, 0.2) is 5.13 Å². The van der Waals surface area contributed by atoms with E-state index in [-0.39, 0.29) is 23.3 Å². The second-order valence-electron chi connectivity index (χ2n) is 10.6. The number of carbonyl (C=O) groups is 1. The molecule has 1 aromatic carbocycles. The molecule has 42 heavy (non-hydrogen) atoms. The largest absolute Gasteiger partial charge is 0.367 e. The summed E-state index contributed by atoms with van der Waals surface area (Å²) >= 11 is 1.29. The average Bonchev–Trinajstić information content (AvgIpc) is 3.46. The summed E-state index contributed by atoms with van der Waals surface area (Å²) in [7, 11) is 2.02. The summed E-state index contributed by atoms with van der Waals surface area (Å²) in [6.45, 7) is 6.26. The zero-order chi connectivity index (χ0) is 30.1. The summed E-state index contributed by atoms with van der Waals surface area (Å²) in [6, 6.07) is 6.02. The van der Waals surface area contributed by atoms with Crippen molar-refractivity contribution < 1.29 is 18.0 Å². The number of aromatic nitrogens is 2. The standard InChI is InChI=1S/C29H30F3N7O2S/c1-16-14-39(15-17(2)37(16)3)25-10-23(30)20(18-4-6-38(7-5-18)29-35-12-19(11-33)42-29)8-24(25)36-28(41)22-13-34-26(40)9-21(22)27(31)32/h4,8-10,12-13,16-17,27H,5-7,14-15H2,1-3H3,(H,34,40)(H,36,41). The van der Waals surface area contributed by atoms with Crippen molar-refractivity contribution in [3.8, 4) is 6.07 Å². The van der Waals surface area contributed by atoms with Crippen LogP contribution < -0.4 is 20.7 Å². The fraction of sp³-hybridized carbons (Fsp3) is 0.379. The number of nitrogens with one attached hydrogen (secondary N) is 2. The fourth-order valence-corrected chi connectivity index (χ4v) is 6.12. The quantitative estimate of drug-likeness (QED) is 0.418. The molecule has 1 fully saturated rings. The summed E-state index contributed by atoms with van der Waals surface area (Å²) in [5.74, 6) is -1.29. The average molecular weight is 598 g/mol. The van der Waals surface area contributed by atoms with Gasteiger partial charge in [-0.25, -0.2) is 18.2 Å². The molecule has 1 amide bonds. The van der Waals surface area contributed by atoms with E-state index in [1.54, 1.807) is 6.07 Å². The number of hydrogen-bond donors (Lipinski definition) is 2. The molecular formula is C29H30F3N7O2S. The molecule has 0 saturated carbocycles. The van der Waals surface area contributed by atoms with Gasteiger partial charge in [0.25, 0.3) is 12.3 Å². The number of halogens is 3. The predicted octanol–water partition coefficient (Wildman–Crippen LogP) is 4.85. The Balaban J connectivity index is 1.51. The molecule has 0 radical (unpaired) electrons. The molecule has 0 spiro atoms. The Bertz CT molecular complexity index is 1620. The van der Waals surface area contributed by atoms with E-state index in [2.05, 4.69) is 40.1 Å². The molecule has 2 N–H and O–H groups in total. The highest BCUT2D eigenvalue weighted by Gasteiger charge is 2.30. The van der Waals surface area contributed by atoms with Gasteiger partial charge >= 0.3 is 0 Å². The number of benzene rings is 1. The zero-order valence-corrected chi connectivity index (χ0v) is 24.1. The second kappa shape index (κ2) is 12.0. The number of amides is 1. The Morgan fingerprint density at radius 2 is 1.95 bits per heavy atom. The topological polar surface area (TPSA) is 108 Å². The maximum absolute atomic E-state index is 15.8. The number of nitriles is 1. The SMILES string of the molecule is CC1CN(c2cc(F)c(C3=CCN(c4ncc(C#N)s4)CC3)cc2NC(=O)c2c[nH]c(=O)cc2C(F)F)CC(C)N1C. The second-order valence-corrected chi connectivity index (χ2v) is 11.6. The molecule has 2 atom stereocenters. The van der Waals surface area contributed by atoms with E-state index in [0.717, 1.165) is 11.8 Å². The van der Waals surface area contributed by atoms with Crippen molar-refractivity contribution in [1.82, 2.24) is 14.9 Å². The van der Waals surface area contributed by atoms with E-state index in [1.807, 2.05) is 22.9 Å². The van der Waals surface area contributed by atoms with E-state index in [4.69, 9.17) is 5.26 Å². The molecule has 220 valence electrons. The van der Waals surface area contributed by atoms with Crippen LogP contribution >= 0.6 is 11.3 Å². The van der Waals surface area contributed by atoms with E-state index in [1.165, 1.54) is 23.6 Å². The summed E-state index contributed by atoms with van der Waals surface area (Å²) in [6.07, 6.45) is 1.83. The number of carbonyl (C=O) groups excluding carboxylic acids is 1. The van der Waals surface area contributed by atoms with Crippen LogP contribution in [0.1, 0.15) is 53.1 Å². The number of aromatic amines is 1. The Hall–Kier alpha value is -4.15. The molecule has 2 aliphatic heterocycles. The van der Waals surface area contributed by atoms with Crippen molar-refractivity contribution in [3.63, 3.8) is 0 Å². The minimum atomic E-state index is -3.03. The molecular weight excluding hydrogens is 567 g/mol. The number of pyridine rings is 1. The molecule has 0 bridgehead atoms. The monoisotopic (exact) mass is 597 g/mol. The molecule has 2 aromatic heterocycles. The third-order valence-corrected chi connectivity index (χ3v) is 8.86. The molecule has 4 heterocycles. The summed E-state index contributed by atoms with van der Waals surface area (Å²) in [4.78, 5) is 38.3. The van der Waals surface area contributed by atoms with Crippen LogP contribution in [0.25, 0.3) is 5.57 Å². The van der Waals surface area contributed by atoms with Gasteiger partial charge in [-0.3, -0.25) is 14.5 Å². The first-order valence-corrected chi connectivity index (χ1v) is 14.3. The van der Waals surface area contributed by atoms with Gasteiger partial charge in [0.2, 0.25) is 5.56 Å². The number of nitrogens with zero attached hydrogens (tertiary/aromatic N) is 5. The highest BCUT2D eigenvalue weighted by molar-refractivity contribution is 7.16. The Morgan fingerprint density at radius 1 is 1.21 bits per heavy atom. The number of rotatable bonds is 6. The minimum Gasteiger partial charge on any atom is -0.367 e. The predicted molar refractivity (Wildman–Crippen MR) is 157 cm³/mol. The first-order chi connectivity index (χ1) is 20.0. The van der Waals surface area contributed by atoms with Gasteiger partial charge in [0.05, 0.1) is 23.1 Å². The first kappa shape index (κ1) is 29.3. The van der Waals surface area contributed by atoms with Crippen LogP contribution in [-0.4, -0.2) is 66.1 Å². The van der Waals surface area contributed by atoms with Gasteiger partial charge in [0.1, 0.15) is 16.8 Å². The lowest BCUT2D eigenvalue weighted by Crippen LogP contribution is -2.55. The summed E-state index contributed by atoms with van der Waals surface area (Å²) < 4.78 is 43.2. The molecule has 2 aliphatic rings. The third kappa shape index (κ3) is 5.91. The van der Waals surface area contributed by atoms with Crippen molar-refractivity contribution in [1.29, 1.82) is 5.26 Å². The fourth-order valence-electron chi connectivity index (χ4n) is 5.38. The van der Waals surface area contributed by atoms with E-state index in [9.17, 15) is 18.4 Å². The normalized spacial score (nSPS) is 19.5. The summed E-state index contributed by atoms with van der Waals surface area (Å²) in [5.41, 5.74) is -0.0190. The van der Waals surface area contributed by atoms with Gasteiger partial charge in [-0.15, -0.1) is 0 Å². The lowest BCUT2D eigenvalue weighted by Gasteiger charge is -2.44. The number of H-pyrrole nitrogens is 1. The number of piperazine rings is 1. The van der Waals surface area contributed by atoms with Crippen LogP contribution in [0.15, 0.2) is 41.5 Å². The lowest BCUT2D eigenvalue weighted by atomic mass is 9.97. The van der Waals surface area contributed by atoms with Crippen molar-refractivity contribution in [2.75, 3.05) is 48.3 Å². The maximum atomic E-state index is 15.8. The highest BCUT2D eigenvalue weighted by atomic mass is 32.1. The van der Waals surface area contributed by atoms with Crippen LogP contribution in [0.2, 0.25) is 0 Å². The molecule has 9 nitrogen and oxygen atoms in total. The molecule has 0 aliphatic carbocycles. The van der Waals surface area contributed by atoms with Crippen molar-refractivity contribution >= 4 is 39.3 Å². The molecule has 2 unspecified atom stereocenters. The Labute approximate surface area is 244 Å². The smallest absolute Gasteiger partial charge is 0.264 e. The van der Waals surface area contributed by atoms with Crippen molar-refractivity contribution in [2.24, 2.45) is 0 Å². The van der Waals surface area contributed by atoms with Crippen LogP contribution in [0.4, 0.5) is 29.7 Å². The van der Waals surface area contributed by atoms with Crippen LogP contribution in [0.3, 0.4) is 0 Å². The first-order valence-electron chi connectivity index (χ1n) is 13.5. The highest BCUT2D eigenvalue weighted by Crippen LogP contribution is 2.37. The van der Waals surface area contributed by atoms with Gasteiger partial charge < -0.3 is 20.1 Å². The molecule has 1 saturated heterocycles. The van der Waals surface area contributed by atoms with Crippen molar-refractivity contribution in [2.45, 2.75) is 38.8 Å². The van der Waals surface area contributed by atoms with Crippen LogP contribution in [0.5, 0.6) is 0 Å². The number of thiazole rings is 1.